The molecule has 0 saturated carbocycles. The van der Waals surface area contributed by atoms with Crippen molar-refractivity contribution in [3.8, 4) is 0 Å². The van der Waals surface area contributed by atoms with E-state index in [1.807, 2.05) is 0 Å². The molecule has 17 heavy (non-hydrogen) atoms. The summed E-state index contributed by atoms with van der Waals surface area (Å²) in [5.74, 6) is 0.0494. The zero-order valence-electron chi connectivity index (χ0n) is 9.80. The number of hydrogen-bond acceptors (Lipinski definition) is 5. The van der Waals surface area contributed by atoms with E-state index in [-0.39, 0.29) is 6.61 Å². The van der Waals surface area contributed by atoms with E-state index in [1.165, 1.54) is 7.11 Å². The second kappa shape index (κ2) is 6.65. The molecule has 0 spiro atoms. The van der Waals surface area contributed by atoms with Crippen LogP contribution in [0.3, 0.4) is 0 Å². The maximum Gasteiger partial charge on any atom is 0.341 e. The van der Waals surface area contributed by atoms with Gasteiger partial charge in [0.1, 0.15) is 11.4 Å². The zero-order valence-corrected chi connectivity index (χ0v) is 9.80. The van der Waals surface area contributed by atoms with E-state index in [2.05, 4.69) is 16.3 Å². The summed E-state index contributed by atoms with van der Waals surface area (Å²) in [4.78, 5) is 17.5. The normalized spacial score (nSPS) is 9.76. The van der Waals surface area contributed by atoms with Gasteiger partial charge in [-0.2, -0.15) is 0 Å². The van der Waals surface area contributed by atoms with Crippen LogP contribution < -0.4 is 4.90 Å². The summed E-state index contributed by atoms with van der Waals surface area (Å²) in [6.07, 6.45) is 3.28. The standard InChI is InChI=1S/C12H16N2O3/c1-3-7-14(8-9-15)11-10(12(16)17-2)5-4-6-13-11/h3-6,15H,1,7-9H2,2H3. The van der Waals surface area contributed by atoms with Crippen LogP contribution in [0.5, 0.6) is 0 Å². The quantitative estimate of drug-likeness (QED) is 0.586. The van der Waals surface area contributed by atoms with Crippen LogP contribution in [-0.2, 0) is 4.74 Å². The molecular weight excluding hydrogens is 220 g/mol. The first-order valence-corrected chi connectivity index (χ1v) is 5.24. The Bertz CT molecular complexity index is 393. The van der Waals surface area contributed by atoms with E-state index in [1.54, 1.807) is 29.3 Å². The molecule has 1 N–H and O–H groups in total. The van der Waals surface area contributed by atoms with Crippen molar-refractivity contribution in [3.05, 3.63) is 36.5 Å². The Morgan fingerprint density at radius 3 is 3.06 bits per heavy atom. The predicted molar refractivity (Wildman–Crippen MR) is 65.1 cm³/mol. The molecule has 5 nitrogen and oxygen atoms in total. The number of esters is 1. The van der Waals surface area contributed by atoms with E-state index in [4.69, 9.17) is 5.11 Å². The van der Waals surface area contributed by atoms with Gasteiger partial charge in [0.2, 0.25) is 0 Å². The van der Waals surface area contributed by atoms with Gasteiger partial charge in [-0.3, -0.25) is 0 Å². The van der Waals surface area contributed by atoms with Crippen molar-refractivity contribution in [1.82, 2.24) is 4.98 Å². The Balaban J connectivity index is 3.08. The lowest BCUT2D eigenvalue weighted by molar-refractivity contribution is 0.0601. The topological polar surface area (TPSA) is 62.7 Å². The second-order valence-corrected chi connectivity index (χ2v) is 3.32. The summed E-state index contributed by atoms with van der Waals surface area (Å²) in [5.41, 5.74) is 0.380. The number of carbonyl (C=O) groups excluding carboxylic acids is 1. The van der Waals surface area contributed by atoms with Crippen molar-refractivity contribution >= 4 is 11.8 Å². The molecule has 1 rings (SSSR count). The average molecular weight is 236 g/mol. The zero-order chi connectivity index (χ0) is 12.7. The van der Waals surface area contributed by atoms with Gasteiger partial charge >= 0.3 is 5.97 Å². The van der Waals surface area contributed by atoms with Crippen LogP contribution in [0.1, 0.15) is 10.4 Å². The molecular formula is C12H16N2O3. The molecule has 0 saturated heterocycles. The van der Waals surface area contributed by atoms with E-state index < -0.39 is 5.97 Å². The molecule has 0 fully saturated rings. The fourth-order valence-corrected chi connectivity index (χ4v) is 1.48. The van der Waals surface area contributed by atoms with Crippen LogP contribution in [0, 0.1) is 0 Å². The number of rotatable bonds is 6. The predicted octanol–water partition coefficient (Wildman–Crippen LogP) is 0.853. The van der Waals surface area contributed by atoms with Crippen molar-refractivity contribution in [2.45, 2.75) is 0 Å². The number of pyridine rings is 1. The minimum Gasteiger partial charge on any atom is -0.465 e. The molecule has 5 heteroatoms. The molecule has 1 heterocycles. The van der Waals surface area contributed by atoms with Crippen LogP contribution >= 0.6 is 0 Å². The molecule has 0 aliphatic rings. The lowest BCUT2D eigenvalue weighted by atomic mass is 10.2. The number of carbonyl (C=O) groups is 1. The number of aliphatic hydroxyl groups is 1. The van der Waals surface area contributed by atoms with Crippen LogP contribution in [0.4, 0.5) is 5.82 Å². The van der Waals surface area contributed by atoms with Gasteiger partial charge in [0.05, 0.1) is 13.7 Å². The highest BCUT2D eigenvalue weighted by molar-refractivity contribution is 5.94. The highest BCUT2D eigenvalue weighted by Gasteiger charge is 2.16. The summed E-state index contributed by atoms with van der Waals surface area (Å²) < 4.78 is 4.69. The minimum atomic E-state index is -0.444. The molecule has 0 atom stereocenters. The second-order valence-electron chi connectivity index (χ2n) is 3.32. The first-order valence-electron chi connectivity index (χ1n) is 5.24. The first-order chi connectivity index (χ1) is 8.24. The Labute approximate surface area is 100 Å². The van der Waals surface area contributed by atoms with Crippen LogP contribution in [0.2, 0.25) is 0 Å². The van der Waals surface area contributed by atoms with E-state index in [0.717, 1.165) is 0 Å². The van der Waals surface area contributed by atoms with Gasteiger partial charge in [-0.25, -0.2) is 9.78 Å². The van der Waals surface area contributed by atoms with Crippen LogP contribution in [-0.4, -0.2) is 42.9 Å². The van der Waals surface area contributed by atoms with E-state index >= 15 is 0 Å². The van der Waals surface area contributed by atoms with Crippen molar-refractivity contribution in [1.29, 1.82) is 0 Å². The van der Waals surface area contributed by atoms with Crippen molar-refractivity contribution in [2.24, 2.45) is 0 Å². The molecule has 0 aliphatic heterocycles. The molecule has 1 aromatic heterocycles. The number of ether oxygens (including phenoxy) is 1. The Morgan fingerprint density at radius 1 is 1.71 bits per heavy atom. The largest absolute Gasteiger partial charge is 0.465 e. The molecule has 0 amide bonds. The fourth-order valence-electron chi connectivity index (χ4n) is 1.48. The molecule has 0 unspecified atom stereocenters. The van der Waals surface area contributed by atoms with Crippen molar-refractivity contribution in [3.63, 3.8) is 0 Å². The van der Waals surface area contributed by atoms with Gasteiger partial charge < -0.3 is 14.7 Å². The highest BCUT2D eigenvalue weighted by Crippen LogP contribution is 2.17. The van der Waals surface area contributed by atoms with Gasteiger partial charge in [-0.1, -0.05) is 6.08 Å². The maximum atomic E-state index is 11.6. The summed E-state index contributed by atoms with van der Waals surface area (Å²) in [5, 5.41) is 8.99. The molecule has 0 aromatic carbocycles. The summed E-state index contributed by atoms with van der Waals surface area (Å²) in [7, 11) is 1.32. The highest BCUT2D eigenvalue weighted by atomic mass is 16.5. The van der Waals surface area contributed by atoms with E-state index in [9.17, 15) is 4.79 Å². The number of aliphatic hydroxyl groups excluding tert-OH is 1. The van der Waals surface area contributed by atoms with Gasteiger partial charge in [-0.05, 0) is 12.1 Å². The Hall–Kier alpha value is -1.88. The molecule has 92 valence electrons. The monoisotopic (exact) mass is 236 g/mol. The third-order valence-electron chi connectivity index (χ3n) is 2.21. The lowest BCUT2D eigenvalue weighted by Gasteiger charge is -2.22. The van der Waals surface area contributed by atoms with E-state index in [0.29, 0.717) is 24.5 Å². The molecule has 1 aromatic rings. The number of methoxy groups -OCH3 is 1. The number of anilines is 1. The molecule has 0 aliphatic carbocycles. The minimum absolute atomic E-state index is 0.0228. The molecule has 0 bridgehead atoms. The van der Waals surface area contributed by atoms with Crippen molar-refractivity contribution < 1.29 is 14.6 Å². The number of hydrogen-bond donors (Lipinski definition) is 1. The number of aromatic nitrogens is 1. The Kier molecular flexibility index (Phi) is 5.16. The average Bonchev–Trinajstić information content (AvgIpc) is 2.37. The van der Waals surface area contributed by atoms with Gasteiger partial charge in [-0.15, -0.1) is 6.58 Å². The molecule has 0 radical (unpaired) electrons. The Morgan fingerprint density at radius 2 is 2.47 bits per heavy atom. The van der Waals surface area contributed by atoms with Gasteiger partial charge in [0, 0.05) is 19.3 Å². The van der Waals surface area contributed by atoms with Crippen LogP contribution in [0.25, 0.3) is 0 Å². The van der Waals surface area contributed by atoms with Gasteiger partial charge in [0.15, 0.2) is 0 Å². The smallest absolute Gasteiger partial charge is 0.341 e. The SMILES string of the molecule is C=CCN(CCO)c1ncccc1C(=O)OC. The summed E-state index contributed by atoms with van der Waals surface area (Å²) in [6, 6.07) is 3.31. The third-order valence-corrected chi connectivity index (χ3v) is 2.21. The lowest BCUT2D eigenvalue weighted by Crippen LogP contribution is -2.29. The maximum absolute atomic E-state index is 11.6. The first kappa shape index (κ1) is 13.2. The third kappa shape index (κ3) is 3.29. The number of nitrogens with zero attached hydrogens (tertiary/aromatic N) is 2. The van der Waals surface area contributed by atoms with Crippen LogP contribution in [0.15, 0.2) is 31.0 Å². The van der Waals surface area contributed by atoms with Gasteiger partial charge in [0.25, 0.3) is 0 Å². The summed E-state index contributed by atoms with van der Waals surface area (Å²) >= 11 is 0. The fraction of sp³-hybridized carbons (Fsp3) is 0.333. The van der Waals surface area contributed by atoms with Crippen molar-refractivity contribution in [2.75, 3.05) is 31.7 Å². The summed E-state index contributed by atoms with van der Waals surface area (Å²) in [6.45, 7) is 4.50.